The Labute approximate surface area is 157 Å². The van der Waals surface area contributed by atoms with Gasteiger partial charge in [-0.15, -0.1) is 0 Å². The van der Waals surface area contributed by atoms with Crippen LogP contribution in [0.5, 0.6) is 0 Å². The molecule has 132 valence electrons. The standard InChI is InChI=1S/C20H23BrN2O2/c1-23(2)18(15-6-4-3-5-7-15)14-22-20(25)13-12-19(24)16-8-10-17(21)11-9-16/h3-11,18H,12-14H2,1-2H3,(H,22,25)/p+1/t18-/m0/s1. The molecule has 0 fully saturated rings. The smallest absolute Gasteiger partial charge is 0.220 e. The lowest BCUT2D eigenvalue weighted by molar-refractivity contribution is -0.890. The first-order valence-electron chi connectivity index (χ1n) is 8.38. The summed E-state index contributed by atoms with van der Waals surface area (Å²) < 4.78 is 0.930. The average molecular weight is 404 g/mol. The molecule has 0 aliphatic carbocycles. The maximum atomic E-state index is 12.1. The zero-order valence-electron chi connectivity index (χ0n) is 14.6. The Kier molecular flexibility index (Phi) is 7.34. The molecule has 25 heavy (non-hydrogen) atoms. The van der Waals surface area contributed by atoms with E-state index in [-0.39, 0.29) is 30.6 Å². The lowest BCUT2D eigenvalue weighted by Gasteiger charge is -2.22. The van der Waals surface area contributed by atoms with Gasteiger partial charge in [0.2, 0.25) is 5.91 Å². The maximum Gasteiger partial charge on any atom is 0.220 e. The first-order chi connectivity index (χ1) is 12.0. The number of carbonyl (C=O) groups excluding carboxylic acids is 2. The third kappa shape index (κ3) is 6.11. The molecule has 2 aromatic rings. The van der Waals surface area contributed by atoms with Crippen molar-refractivity contribution >= 4 is 27.6 Å². The molecule has 0 unspecified atom stereocenters. The molecule has 4 nitrogen and oxygen atoms in total. The van der Waals surface area contributed by atoms with Crippen molar-refractivity contribution in [3.05, 3.63) is 70.2 Å². The Morgan fingerprint density at radius 3 is 2.24 bits per heavy atom. The largest absolute Gasteiger partial charge is 0.350 e. The molecule has 1 amide bonds. The van der Waals surface area contributed by atoms with Gasteiger partial charge in [0.05, 0.1) is 20.6 Å². The minimum absolute atomic E-state index is 0.0134. The minimum Gasteiger partial charge on any atom is -0.350 e. The lowest BCUT2D eigenvalue weighted by atomic mass is 10.1. The van der Waals surface area contributed by atoms with Gasteiger partial charge in [-0.3, -0.25) is 9.59 Å². The van der Waals surface area contributed by atoms with Crippen LogP contribution in [0.4, 0.5) is 0 Å². The summed E-state index contributed by atoms with van der Waals surface area (Å²) in [7, 11) is 4.14. The second kappa shape index (κ2) is 9.49. The molecule has 2 N–H and O–H groups in total. The number of halogens is 1. The number of amides is 1. The topological polar surface area (TPSA) is 50.6 Å². The number of likely N-dealkylation sites (N-methyl/N-ethyl adjacent to an activating group) is 1. The summed E-state index contributed by atoms with van der Waals surface area (Å²) in [5, 5.41) is 2.96. The van der Waals surface area contributed by atoms with Gasteiger partial charge in [-0.1, -0.05) is 58.4 Å². The summed E-state index contributed by atoms with van der Waals surface area (Å²) in [4.78, 5) is 25.5. The van der Waals surface area contributed by atoms with Crippen molar-refractivity contribution in [2.45, 2.75) is 18.9 Å². The minimum atomic E-state index is -0.0901. The highest BCUT2D eigenvalue weighted by Gasteiger charge is 2.18. The van der Waals surface area contributed by atoms with Gasteiger partial charge in [0.25, 0.3) is 0 Å². The van der Waals surface area contributed by atoms with E-state index in [1.54, 1.807) is 12.1 Å². The quantitative estimate of drug-likeness (QED) is 0.664. The van der Waals surface area contributed by atoms with Crippen LogP contribution in [0.3, 0.4) is 0 Å². The summed E-state index contributed by atoms with van der Waals surface area (Å²) >= 11 is 3.34. The van der Waals surface area contributed by atoms with Crippen LogP contribution in [-0.4, -0.2) is 32.3 Å². The summed E-state index contributed by atoms with van der Waals surface area (Å²) in [6.07, 6.45) is 0.428. The van der Waals surface area contributed by atoms with Crippen LogP contribution in [0.1, 0.15) is 34.8 Å². The predicted molar refractivity (Wildman–Crippen MR) is 103 cm³/mol. The predicted octanol–water partition coefficient (Wildman–Crippen LogP) is 2.41. The molecule has 5 heteroatoms. The van der Waals surface area contributed by atoms with Gasteiger partial charge in [-0.05, 0) is 12.1 Å². The van der Waals surface area contributed by atoms with Crippen LogP contribution in [0.25, 0.3) is 0 Å². The molecule has 0 aliphatic rings. The Hall–Kier alpha value is -1.98. The third-order valence-corrected chi connectivity index (χ3v) is 4.68. The van der Waals surface area contributed by atoms with Gasteiger partial charge in [-0.25, -0.2) is 0 Å². The fraction of sp³-hybridized carbons (Fsp3) is 0.300. The fourth-order valence-electron chi connectivity index (χ4n) is 2.65. The van der Waals surface area contributed by atoms with E-state index in [0.29, 0.717) is 12.1 Å². The second-order valence-corrected chi connectivity index (χ2v) is 7.19. The monoisotopic (exact) mass is 403 g/mol. The van der Waals surface area contributed by atoms with Crippen LogP contribution in [-0.2, 0) is 4.79 Å². The van der Waals surface area contributed by atoms with Gasteiger partial charge < -0.3 is 10.2 Å². The van der Waals surface area contributed by atoms with E-state index in [2.05, 4.69) is 47.5 Å². The molecule has 0 saturated carbocycles. The molecule has 0 aromatic heterocycles. The number of carbonyl (C=O) groups is 2. The van der Waals surface area contributed by atoms with Gasteiger partial charge in [-0.2, -0.15) is 0 Å². The van der Waals surface area contributed by atoms with E-state index < -0.39 is 0 Å². The van der Waals surface area contributed by atoms with E-state index in [1.165, 1.54) is 10.5 Å². The Morgan fingerprint density at radius 2 is 1.64 bits per heavy atom. The van der Waals surface area contributed by atoms with E-state index in [0.717, 1.165) is 4.47 Å². The molecule has 0 bridgehead atoms. The summed E-state index contributed by atoms with van der Waals surface area (Å²) in [6, 6.07) is 17.5. The number of hydrogen-bond donors (Lipinski definition) is 2. The molecule has 2 rings (SSSR count). The van der Waals surface area contributed by atoms with Crippen LogP contribution in [0.2, 0.25) is 0 Å². The molecule has 2 aromatic carbocycles. The molecular weight excluding hydrogens is 380 g/mol. The molecular formula is C20H24BrN2O2+. The number of nitrogens with one attached hydrogen (secondary N) is 2. The average Bonchev–Trinajstić information content (AvgIpc) is 2.61. The van der Waals surface area contributed by atoms with Crippen molar-refractivity contribution in [2.24, 2.45) is 0 Å². The zero-order valence-corrected chi connectivity index (χ0v) is 16.2. The number of hydrogen-bond acceptors (Lipinski definition) is 2. The van der Waals surface area contributed by atoms with Gasteiger partial charge in [0.1, 0.15) is 6.04 Å². The number of quaternary nitrogens is 1. The first kappa shape index (κ1) is 19.3. The second-order valence-electron chi connectivity index (χ2n) is 6.27. The fourth-order valence-corrected chi connectivity index (χ4v) is 2.92. The Bertz CT molecular complexity index is 699. The van der Waals surface area contributed by atoms with Crippen molar-refractivity contribution in [2.75, 3.05) is 20.6 Å². The number of benzene rings is 2. The Balaban J connectivity index is 1.83. The summed E-state index contributed by atoms with van der Waals surface area (Å²) in [5.74, 6) is -0.104. The molecule has 1 atom stereocenters. The lowest BCUT2D eigenvalue weighted by Crippen LogP contribution is -3.07. The zero-order chi connectivity index (χ0) is 18.2. The Morgan fingerprint density at radius 1 is 1.00 bits per heavy atom. The highest BCUT2D eigenvalue weighted by atomic mass is 79.9. The summed E-state index contributed by atoms with van der Waals surface area (Å²) in [5.41, 5.74) is 1.82. The molecule has 0 spiro atoms. The number of rotatable bonds is 8. The van der Waals surface area contributed by atoms with E-state index in [4.69, 9.17) is 0 Å². The SMILES string of the molecule is C[NH+](C)[C@@H](CNC(=O)CCC(=O)c1ccc(Br)cc1)c1ccccc1. The van der Waals surface area contributed by atoms with Crippen molar-refractivity contribution in [1.82, 2.24) is 5.32 Å². The van der Waals surface area contributed by atoms with Crippen molar-refractivity contribution in [3.63, 3.8) is 0 Å². The van der Waals surface area contributed by atoms with E-state index in [9.17, 15) is 9.59 Å². The summed E-state index contributed by atoms with van der Waals surface area (Å²) in [6.45, 7) is 0.553. The van der Waals surface area contributed by atoms with Gasteiger partial charge in [0, 0.05) is 28.4 Å². The van der Waals surface area contributed by atoms with Crippen LogP contribution >= 0.6 is 15.9 Å². The highest BCUT2D eigenvalue weighted by molar-refractivity contribution is 9.10. The molecule has 0 aliphatic heterocycles. The van der Waals surface area contributed by atoms with Gasteiger partial charge in [0.15, 0.2) is 5.78 Å². The first-order valence-corrected chi connectivity index (χ1v) is 9.17. The number of ketones is 1. The van der Waals surface area contributed by atoms with Crippen LogP contribution < -0.4 is 10.2 Å². The normalized spacial score (nSPS) is 12.0. The van der Waals surface area contributed by atoms with Crippen LogP contribution in [0.15, 0.2) is 59.1 Å². The van der Waals surface area contributed by atoms with Crippen molar-refractivity contribution in [1.29, 1.82) is 0 Å². The van der Waals surface area contributed by atoms with E-state index >= 15 is 0 Å². The van der Waals surface area contributed by atoms with Crippen molar-refractivity contribution in [3.8, 4) is 0 Å². The third-order valence-electron chi connectivity index (χ3n) is 4.15. The maximum absolute atomic E-state index is 12.1. The molecule has 0 heterocycles. The van der Waals surface area contributed by atoms with Crippen LogP contribution in [0, 0.1) is 0 Å². The number of Topliss-reactive ketones (excluding diaryl/α,β-unsaturated/α-hetero) is 1. The molecule has 0 saturated heterocycles. The van der Waals surface area contributed by atoms with Gasteiger partial charge >= 0.3 is 0 Å². The van der Waals surface area contributed by atoms with Crippen molar-refractivity contribution < 1.29 is 14.5 Å². The highest BCUT2D eigenvalue weighted by Crippen LogP contribution is 2.13. The molecule has 0 radical (unpaired) electrons. The van der Waals surface area contributed by atoms with E-state index in [1.807, 2.05) is 30.3 Å².